The number of benzene rings is 3. The van der Waals surface area contributed by atoms with E-state index in [1.807, 2.05) is 38.1 Å². The molecule has 7 heteroatoms. The lowest BCUT2D eigenvalue weighted by molar-refractivity contribution is 0.0949. The maximum Gasteiger partial charge on any atom is 0.266 e. The van der Waals surface area contributed by atoms with Gasteiger partial charge in [0.25, 0.3) is 11.5 Å². The molecule has 6 nitrogen and oxygen atoms in total. The molecule has 1 N–H and O–H groups in total. The lowest BCUT2D eigenvalue weighted by Crippen LogP contribution is -2.27. The van der Waals surface area contributed by atoms with Crippen LogP contribution in [0.25, 0.3) is 16.6 Å². The molecule has 3 aromatic carbocycles. The summed E-state index contributed by atoms with van der Waals surface area (Å²) in [6.07, 6.45) is 0. The third-order valence-corrected chi connectivity index (χ3v) is 6.58. The number of ether oxygens (including phenoxy) is 1. The molecule has 4 aromatic rings. The Morgan fingerprint density at radius 1 is 1.09 bits per heavy atom. The highest BCUT2D eigenvalue weighted by molar-refractivity contribution is 7.98. The van der Waals surface area contributed by atoms with Crippen molar-refractivity contribution in [1.82, 2.24) is 14.9 Å². The van der Waals surface area contributed by atoms with Gasteiger partial charge in [0.15, 0.2) is 5.16 Å². The molecule has 1 amide bonds. The largest absolute Gasteiger partial charge is 0.497 e. The minimum absolute atomic E-state index is 0.173. The Hall–Kier alpha value is -3.58. The van der Waals surface area contributed by atoms with Crippen molar-refractivity contribution in [3.05, 3.63) is 93.8 Å². The van der Waals surface area contributed by atoms with E-state index in [4.69, 9.17) is 9.72 Å². The third kappa shape index (κ3) is 5.74. The van der Waals surface area contributed by atoms with E-state index in [1.54, 1.807) is 29.9 Å². The summed E-state index contributed by atoms with van der Waals surface area (Å²) in [5, 5.41) is 3.93. The number of carbonyl (C=O) groups is 1. The van der Waals surface area contributed by atoms with Crippen molar-refractivity contribution >= 4 is 28.6 Å². The van der Waals surface area contributed by atoms with Crippen LogP contribution in [0.15, 0.2) is 76.7 Å². The SMILES string of the molecule is COc1cccc(-n2c(SCc3ccc(C)cc3)nc3cc(C(=O)NCC(C)C)ccc3c2=O)c1. The fourth-order valence-electron chi connectivity index (χ4n) is 3.61. The summed E-state index contributed by atoms with van der Waals surface area (Å²) in [5.74, 6) is 1.48. The molecule has 0 aliphatic rings. The minimum Gasteiger partial charge on any atom is -0.497 e. The topological polar surface area (TPSA) is 73.2 Å². The van der Waals surface area contributed by atoms with E-state index >= 15 is 0 Å². The number of amides is 1. The van der Waals surface area contributed by atoms with Gasteiger partial charge in [0, 0.05) is 23.9 Å². The fraction of sp³-hybridized carbons (Fsp3) is 0.250. The molecule has 0 atom stereocenters. The van der Waals surface area contributed by atoms with Gasteiger partial charge in [-0.15, -0.1) is 0 Å². The van der Waals surface area contributed by atoms with E-state index in [-0.39, 0.29) is 11.5 Å². The molecule has 0 aliphatic carbocycles. The number of aryl methyl sites for hydroxylation is 1. The third-order valence-electron chi connectivity index (χ3n) is 5.57. The van der Waals surface area contributed by atoms with Crippen LogP contribution in [0.3, 0.4) is 0 Å². The smallest absolute Gasteiger partial charge is 0.266 e. The maximum atomic E-state index is 13.7. The molecule has 35 heavy (non-hydrogen) atoms. The Morgan fingerprint density at radius 2 is 1.86 bits per heavy atom. The average molecular weight is 488 g/mol. The monoisotopic (exact) mass is 487 g/mol. The predicted octanol–water partition coefficient (Wildman–Crippen LogP) is 5.38. The number of methoxy groups -OCH3 is 1. The fourth-order valence-corrected chi connectivity index (χ4v) is 4.58. The van der Waals surface area contributed by atoms with Crippen LogP contribution in [0.2, 0.25) is 0 Å². The second-order valence-corrected chi connectivity index (χ2v) is 9.79. The van der Waals surface area contributed by atoms with Crippen molar-refractivity contribution in [3.63, 3.8) is 0 Å². The molecule has 4 rings (SSSR count). The minimum atomic E-state index is -0.191. The Morgan fingerprint density at radius 3 is 2.57 bits per heavy atom. The molecule has 0 spiro atoms. The van der Waals surface area contributed by atoms with Crippen LogP contribution in [0.5, 0.6) is 5.75 Å². The lowest BCUT2D eigenvalue weighted by Gasteiger charge is -2.15. The van der Waals surface area contributed by atoms with Gasteiger partial charge in [-0.25, -0.2) is 4.98 Å². The van der Waals surface area contributed by atoms with Crippen molar-refractivity contribution in [2.24, 2.45) is 5.92 Å². The highest BCUT2D eigenvalue weighted by Gasteiger charge is 2.16. The first-order chi connectivity index (χ1) is 16.9. The van der Waals surface area contributed by atoms with Crippen LogP contribution in [0.4, 0.5) is 0 Å². The molecule has 0 aliphatic heterocycles. The Labute approximate surface area is 209 Å². The van der Waals surface area contributed by atoms with Gasteiger partial charge < -0.3 is 10.1 Å². The average Bonchev–Trinajstić information content (AvgIpc) is 2.86. The van der Waals surface area contributed by atoms with Gasteiger partial charge in [0.2, 0.25) is 0 Å². The molecule has 0 radical (unpaired) electrons. The first kappa shape index (κ1) is 24.5. The van der Waals surface area contributed by atoms with Crippen molar-refractivity contribution in [1.29, 1.82) is 0 Å². The quantitative estimate of drug-likeness (QED) is 0.267. The Kier molecular flexibility index (Phi) is 7.56. The normalized spacial score (nSPS) is 11.1. The van der Waals surface area contributed by atoms with E-state index in [0.717, 1.165) is 5.56 Å². The summed E-state index contributed by atoms with van der Waals surface area (Å²) >= 11 is 1.48. The van der Waals surface area contributed by atoms with E-state index in [9.17, 15) is 9.59 Å². The highest BCUT2D eigenvalue weighted by atomic mass is 32.2. The van der Waals surface area contributed by atoms with Gasteiger partial charge in [-0.3, -0.25) is 14.2 Å². The highest BCUT2D eigenvalue weighted by Crippen LogP contribution is 2.26. The molecule has 1 heterocycles. The van der Waals surface area contributed by atoms with Gasteiger partial charge in [-0.1, -0.05) is 61.5 Å². The zero-order valence-electron chi connectivity index (χ0n) is 20.4. The van der Waals surface area contributed by atoms with Gasteiger partial charge in [0.05, 0.1) is 23.7 Å². The zero-order valence-corrected chi connectivity index (χ0v) is 21.2. The van der Waals surface area contributed by atoms with Crippen LogP contribution in [-0.4, -0.2) is 29.1 Å². The standard InChI is InChI=1S/C28H29N3O3S/c1-18(2)16-29-26(32)21-12-13-24-25(14-21)30-28(35-17-20-10-8-19(3)9-11-20)31(27(24)33)22-6-5-7-23(15-22)34-4/h5-15,18H,16-17H2,1-4H3,(H,29,32). The number of hydrogen-bond donors (Lipinski definition) is 1. The number of carbonyl (C=O) groups excluding carboxylic acids is 1. The van der Waals surface area contributed by atoms with Gasteiger partial charge in [-0.2, -0.15) is 0 Å². The summed E-state index contributed by atoms with van der Waals surface area (Å²) in [4.78, 5) is 31.1. The Balaban J connectivity index is 1.80. The Bertz CT molecular complexity index is 1410. The molecule has 180 valence electrons. The first-order valence-electron chi connectivity index (χ1n) is 11.5. The van der Waals surface area contributed by atoms with Crippen LogP contribution >= 0.6 is 11.8 Å². The molecule has 1 aromatic heterocycles. The van der Waals surface area contributed by atoms with E-state index in [0.29, 0.717) is 51.3 Å². The van der Waals surface area contributed by atoms with E-state index < -0.39 is 0 Å². The van der Waals surface area contributed by atoms with Gasteiger partial charge in [-0.05, 0) is 48.7 Å². The number of aromatic nitrogens is 2. The molecule has 0 saturated heterocycles. The number of nitrogens with zero attached hydrogens (tertiary/aromatic N) is 2. The van der Waals surface area contributed by atoms with E-state index in [2.05, 4.69) is 36.5 Å². The number of fused-ring (bicyclic) bond motifs is 1. The van der Waals surface area contributed by atoms with Crippen LogP contribution in [-0.2, 0) is 5.75 Å². The maximum absolute atomic E-state index is 13.7. The molecular weight excluding hydrogens is 458 g/mol. The number of hydrogen-bond acceptors (Lipinski definition) is 5. The number of thioether (sulfide) groups is 1. The van der Waals surface area contributed by atoms with Crippen LogP contribution < -0.4 is 15.6 Å². The van der Waals surface area contributed by atoms with Gasteiger partial charge in [0.1, 0.15) is 5.75 Å². The van der Waals surface area contributed by atoms with Gasteiger partial charge >= 0.3 is 0 Å². The molecule has 0 unspecified atom stereocenters. The summed E-state index contributed by atoms with van der Waals surface area (Å²) < 4.78 is 6.99. The number of nitrogens with one attached hydrogen (secondary N) is 1. The van der Waals surface area contributed by atoms with Crippen LogP contribution in [0.1, 0.15) is 35.3 Å². The summed E-state index contributed by atoms with van der Waals surface area (Å²) in [5.41, 5.74) is 3.79. The van der Waals surface area contributed by atoms with Crippen LogP contribution in [0, 0.1) is 12.8 Å². The summed E-state index contributed by atoms with van der Waals surface area (Å²) in [6.45, 7) is 6.72. The summed E-state index contributed by atoms with van der Waals surface area (Å²) in [7, 11) is 1.60. The zero-order chi connectivity index (χ0) is 24.9. The molecule has 0 bridgehead atoms. The van der Waals surface area contributed by atoms with Crippen molar-refractivity contribution < 1.29 is 9.53 Å². The van der Waals surface area contributed by atoms with Crippen molar-refractivity contribution in [3.8, 4) is 11.4 Å². The number of rotatable bonds is 8. The van der Waals surface area contributed by atoms with Crippen molar-refractivity contribution in [2.45, 2.75) is 31.7 Å². The molecular formula is C28H29N3O3S. The lowest BCUT2D eigenvalue weighted by atomic mass is 10.1. The second-order valence-electron chi connectivity index (χ2n) is 8.85. The van der Waals surface area contributed by atoms with Crippen molar-refractivity contribution in [2.75, 3.05) is 13.7 Å². The summed E-state index contributed by atoms with van der Waals surface area (Å²) in [6, 6.07) is 20.7. The molecule has 0 fully saturated rings. The second kappa shape index (κ2) is 10.8. The first-order valence-corrected chi connectivity index (χ1v) is 12.5. The molecule has 0 saturated carbocycles. The predicted molar refractivity (Wildman–Crippen MR) is 142 cm³/mol. The van der Waals surface area contributed by atoms with E-state index in [1.165, 1.54) is 17.3 Å².